The van der Waals surface area contributed by atoms with Gasteiger partial charge >= 0.3 is 0 Å². The van der Waals surface area contributed by atoms with Crippen LogP contribution >= 0.6 is 0 Å². The van der Waals surface area contributed by atoms with Crippen molar-refractivity contribution in [2.24, 2.45) is 0 Å². The molecule has 0 aromatic heterocycles. The molecule has 0 aromatic carbocycles. The molecule has 0 spiro atoms. The molecule has 0 fully saturated rings. The van der Waals surface area contributed by atoms with Crippen LogP contribution in [-0.4, -0.2) is 6.04 Å². The highest BCUT2D eigenvalue weighted by Crippen LogP contribution is 1.98. The SMILES string of the molecule is N#CCC1C=CON1. The average molecular weight is 110 g/mol. The molecule has 0 radical (unpaired) electrons. The Morgan fingerprint density at radius 3 is 3.25 bits per heavy atom. The molecule has 1 atom stereocenters. The van der Waals surface area contributed by atoms with Gasteiger partial charge < -0.3 is 4.84 Å². The Kier molecular flexibility index (Phi) is 1.50. The van der Waals surface area contributed by atoms with Crippen LogP contribution in [0.3, 0.4) is 0 Å². The summed E-state index contributed by atoms with van der Waals surface area (Å²) in [6, 6.07) is 2.11. The molecule has 8 heavy (non-hydrogen) atoms. The molecule has 0 aliphatic carbocycles. The van der Waals surface area contributed by atoms with Gasteiger partial charge in [-0.3, -0.25) is 0 Å². The minimum atomic E-state index is 0.0972. The fourth-order valence-corrected chi connectivity index (χ4v) is 0.508. The maximum atomic E-state index is 8.15. The maximum absolute atomic E-state index is 8.15. The summed E-state index contributed by atoms with van der Waals surface area (Å²) in [4.78, 5) is 4.63. The van der Waals surface area contributed by atoms with Crippen LogP contribution in [0.25, 0.3) is 0 Å². The van der Waals surface area contributed by atoms with Gasteiger partial charge in [0.15, 0.2) is 0 Å². The van der Waals surface area contributed by atoms with Crippen LogP contribution < -0.4 is 5.48 Å². The Balaban J connectivity index is 2.28. The third-order valence-electron chi connectivity index (χ3n) is 0.910. The van der Waals surface area contributed by atoms with Crippen LogP contribution in [0.15, 0.2) is 12.3 Å². The summed E-state index contributed by atoms with van der Waals surface area (Å²) < 4.78 is 0. The second kappa shape index (κ2) is 2.34. The third kappa shape index (κ3) is 0.983. The van der Waals surface area contributed by atoms with Crippen molar-refractivity contribution >= 4 is 0 Å². The molecule has 0 saturated heterocycles. The topological polar surface area (TPSA) is 45.0 Å². The molecule has 0 aromatic rings. The number of hydrogen-bond acceptors (Lipinski definition) is 3. The van der Waals surface area contributed by atoms with Crippen LogP contribution in [0, 0.1) is 11.3 Å². The number of hydrogen-bond donors (Lipinski definition) is 1. The Hall–Kier alpha value is -1.01. The van der Waals surface area contributed by atoms with E-state index in [-0.39, 0.29) is 6.04 Å². The van der Waals surface area contributed by atoms with Crippen LogP contribution in [0.1, 0.15) is 6.42 Å². The van der Waals surface area contributed by atoms with Crippen molar-refractivity contribution in [1.29, 1.82) is 5.26 Å². The van der Waals surface area contributed by atoms with E-state index in [4.69, 9.17) is 5.26 Å². The Bertz CT molecular complexity index is 136. The summed E-state index contributed by atoms with van der Waals surface area (Å²) in [5, 5.41) is 8.15. The van der Waals surface area contributed by atoms with Crippen LogP contribution in [0.5, 0.6) is 0 Å². The zero-order chi connectivity index (χ0) is 5.82. The zero-order valence-corrected chi connectivity index (χ0v) is 4.29. The minimum absolute atomic E-state index is 0.0972. The fourth-order valence-electron chi connectivity index (χ4n) is 0.508. The standard InChI is InChI=1S/C5H6N2O/c6-3-1-5-2-4-8-7-5/h2,4-5,7H,1H2. The number of nitrogens with one attached hydrogen (secondary N) is 1. The molecule has 42 valence electrons. The number of nitriles is 1. The first kappa shape index (κ1) is 5.13. The predicted molar refractivity (Wildman–Crippen MR) is 27.4 cm³/mol. The van der Waals surface area contributed by atoms with Crippen LogP contribution in [0.4, 0.5) is 0 Å². The Morgan fingerprint density at radius 2 is 2.75 bits per heavy atom. The molecule has 0 bridgehead atoms. The lowest BCUT2D eigenvalue weighted by molar-refractivity contribution is 0.143. The van der Waals surface area contributed by atoms with Crippen LogP contribution in [-0.2, 0) is 4.84 Å². The molecule has 1 aliphatic heterocycles. The van der Waals surface area contributed by atoms with Gasteiger partial charge in [0.1, 0.15) is 6.26 Å². The number of rotatable bonds is 1. The maximum Gasteiger partial charge on any atom is 0.109 e. The lowest BCUT2D eigenvalue weighted by Gasteiger charge is -1.98. The highest BCUT2D eigenvalue weighted by Gasteiger charge is 2.06. The zero-order valence-electron chi connectivity index (χ0n) is 4.29. The van der Waals surface area contributed by atoms with Crippen molar-refractivity contribution in [3.63, 3.8) is 0 Å². The Morgan fingerprint density at radius 1 is 1.88 bits per heavy atom. The van der Waals surface area contributed by atoms with E-state index in [1.165, 1.54) is 0 Å². The third-order valence-corrected chi connectivity index (χ3v) is 0.910. The van der Waals surface area contributed by atoms with Crippen molar-refractivity contribution in [3.8, 4) is 6.07 Å². The van der Waals surface area contributed by atoms with Gasteiger partial charge in [0.05, 0.1) is 18.5 Å². The molecular formula is C5H6N2O. The van der Waals surface area contributed by atoms with Crippen molar-refractivity contribution in [2.45, 2.75) is 12.5 Å². The van der Waals surface area contributed by atoms with Gasteiger partial charge in [0.25, 0.3) is 0 Å². The van der Waals surface area contributed by atoms with Gasteiger partial charge in [-0.1, -0.05) is 0 Å². The van der Waals surface area contributed by atoms with Gasteiger partial charge in [-0.05, 0) is 6.08 Å². The van der Waals surface area contributed by atoms with Crippen molar-refractivity contribution in [3.05, 3.63) is 12.3 Å². The molecule has 1 unspecified atom stereocenters. The quantitative estimate of drug-likeness (QED) is 0.528. The molecule has 1 aliphatic rings. The number of nitrogens with zero attached hydrogens (tertiary/aromatic N) is 1. The molecule has 0 amide bonds. The smallest absolute Gasteiger partial charge is 0.109 e. The molecule has 1 heterocycles. The molecular weight excluding hydrogens is 104 g/mol. The first-order valence-corrected chi connectivity index (χ1v) is 2.38. The van der Waals surface area contributed by atoms with E-state index >= 15 is 0 Å². The molecule has 3 nitrogen and oxygen atoms in total. The van der Waals surface area contributed by atoms with Crippen LogP contribution in [0.2, 0.25) is 0 Å². The highest BCUT2D eigenvalue weighted by atomic mass is 16.6. The Labute approximate surface area is 47.5 Å². The van der Waals surface area contributed by atoms with E-state index in [2.05, 4.69) is 10.3 Å². The second-order valence-corrected chi connectivity index (χ2v) is 1.53. The summed E-state index contributed by atoms with van der Waals surface area (Å²) in [6.07, 6.45) is 3.82. The highest BCUT2D eigenvalue weighted by molar-refractivity contribution is 4.96. The molecule has 3 heteroatoms. The van der Waals surface area contributed by atoms with Gasteiger partial charge in [0, 0.05) is 0 Å². The molecule has 1 rings (SSSR count). The van der Waals surface area contributed by atoms with E-state index in [0.29, 0.717) is 6.42 Å². The van der Waals surface area contributed by atoms with Crippen molar-refractivity contribution in [2.75, 3.05) is 0 Å². The lowest BCUT2D eigenvalue weighted by Crippen LogP contribution is -2.19. The van der Waals surface area contributed by atoms with Crippen molar-refractivity contribution in [1.82, 2.24) is 5.48 Å². The summed E-state index contributed by atoms with van der Waals surface area (Å²) in [5.41, 5.74) is 2.62. The molecule has 1 N–H and O–H groups in total. The van der Waals surface area contributed by atoms with Gasteiger partial charge in [-0.2, -0.15) is 5.26 Å². The average Bonchev–Trinajstić information content (AvgIpc) is 2.19. The number of hydroxylamine groups is 1. The summed E-state index contributed by atoms with van der Waals surface area (Å²) in [7, 11) is 0. The fraction of sp³-hybridized carbons (Fsp3) is 0.400. The largest absolute Gasteiger partial charge is 0.416 e. The summed E-state index contributed by atoms with van der Waals surface area (Å²) >= 11 is 0. The minimum Gasteiger partial charge on any atom is -0.416 e. The van der Waals surface area contributed by atoms with E-state index in [1.54, 1.807) is 6.26 Å². The van der Waals surface area contributed by atoms with E-state index in [9.17, 15) is 0 Å². The van der Waals surface area contributed by atoms with Gasteiger partial charge in [-0.15, -0.1) is 5.48 Å². The summed E-state index contributed by atoms with van der Waals surface area (Å²) in [5.74, 6) is 0. The van der Waals surface area contributed by atoms with Crippen molar-refractivity contribution < 1.29 is 4.84 Å². The predicted octanol–water partition coefficient (Wildman–Crippen LogP) is 0.317. The summed E-state index contributed by atoms with van der Waals surface area (Å²) in [6.45, 7) is 0. The lowest BCUT2D eigenvalue weighted by atomic mass is 10.2. The van der Waals surface area contributed by atoms with Gasteiger partial charge in [-0.25, -0.2) is 0 Å². The van der Waals surface area contributed by atoms with Gasteiger partial charge in [0.2, 0.25) is 0 Å². The molecule has 0 saturated carbocycles. The normalized spacial score (nSPS) is 24.6. The monoisotopic (exact) mass is 110 g/mol. The second-order valence-electron chi connectivity index (χ2n) is 1.53. The van der Waals surface area contributed by atoms with E-state index < -0.39 is 0 Å². The first-order valence-electron chi connectivity index (χ1n) is 2.38. The first-order chi connectivity index (χ1) is 3.93. The van der Waals surface area contributed by atoms with E-state index in [1.807, 2.05) is 12.1 Å². The van der Waals surface area contributed by atoms with E-state index in [0.717, 1.165) is 0 Å².